The third kappa shape index (κ3) is 3.23. The first-order valence-corrected chi connectivity index (χ1v) is 9.43. The van der Waals surface area contributed by atoms with Gasteiger partial charge in [-0.2, -0.15) is 0 Å². The van der Waals surface area contributed by atoms with Crippen LogP contribution < -0.4 is 10.5 Å². The first kappa shape index (κ1) is 16.1. The molecule has 1 N–H and O–H groups in total. The summed E-state index contributed by atoms with van der Waals surface area (Å²) in [7, 11) is 0. The molecule has 0 spiro atoms. The van der Waals surface area contributed by atoms with E-state index in [1.165, 1.54) is 15.2 Å². The number of quaternary nitrogens is 1. The van der Waals surface area contributed by atoms with Crippen molar-refractivity contribution in [3.63, 3.8) is 0 Å². The molecule has 4 rings (SSSR count). The Labute approximate surface area is 150 Å². The molecule has 4 heteroatoms. The highest BCUT2D eigenvalue weighted by atomic mass is 32.1. The molecule has 2 aromatic carbocycles. The Kier molecular flexibility index (Phi) is 4.38. The van der Waals surface area contributed by atoms with Crippen LogP contribution in [0.15, 0.2) is 69.2 Å². The van der Waals surface area contributed by atoms with E-state index in [0.29, 0.717) is 5.58 Å². The lowest BCUT2D eigenvalue weighted by Crippen LogP contribution is -3.09. The topological polar surface area (TPSA) is 34.7 Å². The zero-order valence-electron chi connectivity index (χ0n) is 14.1. The van der Waals surface area contributed by atoms with Gasteiger partial charge in [0.25, 0.3) is 0 Å². The number of fused-ring (bicyclic) bond motifs is 3. The Balaban J connectivity index is 1.82. The molecule has 0 bridgehead atoms. The highest BCUT2D eigenvalue weighted by Crippen LogP contribution is 2.27. The molecular formula is C21H20NO2S+. The molecule has 0 amide bonds. The summed E-state index contributed by atoms with van der Waals surface area (Å²) in [5, 5.41) is 5.49. The van der Waals surface area contributed by atoms with Gasteiger partial charge in [-0.25, -0.2) is 4.79 Å². The molecule has 25 heavy (non-hydrogen) atoms. The fourth-order valence-electron chi connectivity index (χ4n) is 3.40. The quantitative estimate of drug-likeness (QED) is 0.441. The minimum Gasteiger partial charge on any atom is -0.423 e. The van der Waals surface area contributed by atoms with Gasteiger partial charge in [-0.3, -0.25) is 0 Å². The van der Waals surface area contributed by atoms with Crippen molar-refractivity contribution in [2.24, 2.45) is 0 Å². The van der Waals surface area contributed by atoms with Crippen LogP contribution >= 0.6 is 11.3 Å². The molecule has 4 aromatic rings. The van der Waals surface area contributed by atoms with Crippen molar-refractivity contribution >= 4 is 33.1 Å². The van der Waals surface area contributed by atoms with Gasteiger partial charge in [0.15, 0.2) is 0 Å². The Bertz CT molecular complexity index is 1070. The SMILES string of the molecule is CC[NH+](Cc1cccs1)Cc1cc(=O)oc2ccc3ccccc3c12. The third-order valence-electron chi connectivity index (χ3n) is 4.66. The molecule has 126 valence electrons. The summed E-state index contributed by atoms with van der Waals surface area (Å²) in [6, 6.07) is 18.1. The molecule has 1 atom stereocenters. The zero-order valence-corrected chi connectivity index (χ0v) is 14.9. The Morgan fingerprint density at radius 3 is 2.72 bits per heavy atom. The molecule has 1 unspecified atom stereocenters. The number of thiophene rings is 1. The molecular weight excluding hydrogens is 330 g/mol. The summed E-state index contributed by atoms with van der Waals surface area (Å²) in [6.45, 7) is 4.98. The fraction of sp³-hybridized carbons (Fsp3) is 0.190. The van der Waals surface area contributed by atoms with Gasteiger partial charge in [-0.05, 0) is 35.2 Å². The first-order chi connectivity index (χ1) is 12.2. The summed E-state index contributed by atoms with van der Waals surface area (Å²) in [6.07, 6.45) is 0. The Morgan fingerprint density at radius 2 is 1.92 bits per heavy atom. The minimum atomic E-state index is -0.274. The zero-order chi connectivity index (χ0) is 17.2. The smallest absolute Gasteiger partial charge is 0.336 e. The largest absolute Gasteiger partial charge is 0.423 e. The predicted molar refractivity (Wildman–Crippen MR) is 103 cm³/mol. The van der Waals surface area contributed by atoms with Crippen molar-refractivity contribution in [1.82, 2.24) is 0 Å². The fourth-order valence-corrected chi connectivity index (χ4v) is 4.18. The summed E-state index contributed by atoms with van der Waals surface area (Å²) in [5.41, 5.74) is 1.47. The van der Waals surface area contributed by atoms with E-state index in [1.807, 2.05) is 24.3 Å². The van der Waals surface area contributed by atoms with Gasteiger partial charge in [0.05, 0.1) is 11.4 Å². The average molecular weight is 350 g/mol. The lowest BCUT2D eigenvalue weighted by Gasteiger charge is -2.18. The molecule has 0 aliphatic rings. The molecule has 2 heterocycles. The molecule has 0 radical (unpaired) electrons. The molecule has 0 fully saturated rings. The van der Waals surface area contributed by atoms with Crippen molar-refractivity contribution in [3.05, 3.63) is 80.8 Å². The Morgan fingerprint density at radius 1 is 1.04 bits per heavy atom. The van der Waals surface area contributed by atoms with Crippen molar-refractivity contribution in [3.8, 4) is 0 Å². The van der Waals surface area contributed by atoms with Gasteiger partial charge in [0.2, 0.25) is 0 Å². The summed E-state index contributed by atoms with van der Waals surface area (Å²) >= 11 is 1.79. The van der Waals surface area contributed by atoms with Crippen LogP contribution in [-0.4, -0.2) is 6.54 Å². The van der Waals surface area contributed by atoms with E-state index in [9.17, 15) is 4.79 Å². The normalized spacial score (nSPS) is 12.7. The second-order valence-corrected chi connectivity index (χ2v) is 7.32. The van der Waals surface area contributed by atoms with Crippen LogP contribution in [0.5, 0.6) is 0 Å². The highest BCUT2D eigenvalue weighted by molar-refractivity contribution is 7.09. The van der Waals surface area contributed by atoms with Crippen LogP contribution in [0.1, 0.15) is 17.4 Å². The monoisotopic (exact) mass is 350 g/mol. The van der Waals surface area contributed by atoms with Gasteiger partial charge in [0, 0.05) is 17.0 Å². The summed E-state index contributed by atoms with van der Waals surface area (Å²) < 4.78 is 5.47. The number of rotatable bonds is 5. The van der Waals surface area contributed by atoms with E-state index in [-0.39, 0.29) is 5.63 Å². The van der Waals surface area contributed by atoms with Crippen molar-refractivity contribution in [2.75, 3.05) is 6.54 Å². The van der Waals surface area contributed by atoms with Gasteiger partial charge in [0.1, 0.15) is 18.7 Å². The number of hydrogen-bond donors (Lipinski definition) is 1. The van der Waals surface area contributed by atoms with Gasteiger partial charge in [-0.1, -0.05) is 36.4 Å². The van der Waals surface area contributed by atoms with Crippen molar-refractivity contribution in [1.29, 1.82) is 0 Å². The molecule has 2 aromatic heterocycles. The van der Waals surface area contributed by atoms with Crippen LogP contribution in [0.4, 0.5) is 0 Å². The van der Waals surface area contributed by atoms with E-state index in [1.54, 1.807) is 17.4 Å². The first-order valence-electron chi connectivity index (χ1n) is 8.55. The van der Waals surface area contributed by atoms with Gasteiger partial charge in [-0.15, -0.1) is 11.3 Å². The van der Waals surface area contributed by atoms with Crippen LogP contribution in [0, 0.1) is 0 Å². The van der Waals surface area contributed by atoms with Crippen LogP contribution in [0.3, 0.4) is 0 Å². The minimum absolute atomic E-state index is 0.274. The van der Waals surface area contributed by atoms with E-state index < -0.39 is 0 Å². The van der Waals surface area contributed by atoms with Gasteiger partial charge < -0.3 is 9.32 Å². The van der Waals surface area contributed by atoms with Crippen molar-refractivity contribution < 1.29 is 9.32 Å². The van der Waals surface area contributed by atoms with E-state index in [4.69, 9.17) is 4.42 Å². The molecule has 0 aliphatic carbocycles. The van der Waals surface area contributed by atoms with Gasteiger partial charge >= 0.3 is 5.63 Å². The summed E-state index contributed by atoms with van der Waals surface area (Å²) in [4.78, 5) is 14.9. The second kappa shape index (κ2) is 6.82. The average Bonchev–Trinajstić information content (AvgIpc) is 3.13. The standard InChI is InChI=1S/C21H19NO2S/c1-2-22(14-17-7-5-11-25-17)13-16-12-20(23)24-19-10-9-15-6-3-4-8-18(15)21(16)19/h3-12H,2,13-14H2,1H3/p+1. The molecule has 0 saturated heterocycles. The molecule has 0 saturated carbocycles. The lowest BCUT2D eigenvalue weighted by atomic mass is 10.0. The summed E-state index contributed by atoms with van der Waals surface area (Å²) in [5.74, 6) is 0. The molecule has 0 aliphatic heterocycles. The Hall–Kier alpha value is -2.43. The lowest BCUT2D eigenvalue weighted by molar-refractivity contribution is -0.925. The van der Waals surface area contributed by atoms with E-state index >= 15 is 0 Å². The van der Waals surface area contributed by atoms with E-state index in [2.05, 4.69) is 36.6 Å². The third-order valence-corrected chi connectivity index (χ3v) is 5.54. The van der Waals surface area contributed by atoms with Crippen LogP contribution in [0.2, 0.25) is 0 Å². The maximum absolute atomic E-state index is 12.1. The van der Waals surface area contributed by atoms with E-state index in [0.717, 1.165) is 36.0 Å². The van der Waals surface area contributed by atoms with Crippen molar-refractivity contribution in [2.45, 2.75) is 20.0 Å². The van der Waals surface area contributed by atoms with Crippen LogP contribution in [0.25, 0.3) is 21.7 Å². The number of hydrogen-bond acceptors (Lipinski definition) is 3. The predicted octanol–water partition coefficient (Wildman–Crippen LogP) is 3.61. The van der Waals surface area contributed by atoms with Crippen LogP contribution in [-0.2, 0) is 13.1 Å². The maximum Gasteiger partial charge on any atom is 0.336 e. The molecule has 3 nitrogen and oxygen atoms in total. The number of benzene rings is 2. The highest BCUT2D eigenvalue weighted by Gasteiger charge is 2.15. The number of nitrogens with one attached hydrogen (secondary N) is 1. The maximum atomic E-state index is 12.1. The second-order valence-electron chi connectivity index (χ2n) is 6.29.